The molecule has 1 aliphatic rings. The van der Waals surface area contributed by atoms with E-state index in [0.29, 0.717) is 12.8 Å². The summed E-state index contributed by atoms with van der Waals surface area (Å²) >= 11 is 0. The van der Waals surface area contributed by atoms with E-state index in [9.17, 15) is 18.3 Å². The molecular weight excluding hydrogens is 292 g/mol. The van der Waals surface area contributed by atoms with Gasteiger partial charge in [-0.3, -0.25) is 4.79 Å². The summed E-state index contributed by atoms with van der Waals surface area (Å²) in [6, 6.07) is 7.87. The molecule has 0 aromatic heterocycles. The number of hydrogen-bond donors (Lipinski definition) is 3. The maximum Gasteiger partial charge on any atom is 0.241 e. The molecule has 1 saturated carbocycles. The zero-order valence-corrected chi connectivity index (χ0v) is 12.5. The topological polar surface area (TPSA) is 95.5 Å². The van der Waals surface area contributed by atoms with Gasteiger partial charge < -0.3 is 10.4 Å². The Labute approximate surface area is 124 Å². The monoisotopic (exact) mass is 312 g/mol. The molecular formula is C14H20N2O4S. The van der Waals surface area contributed by atoms with Crippen molar-refractivity contribution in [3.05, 3.63) is 30.3 Å². The van der Waals surface area contributed by atoms with Crippen molar-refractivity contribution in [2.75, 3.05) is 13.1 Å². The van der Waals surface area contributed by atoms with E-state index in [-0.39, 0.29) is 18.0 Å². The number of rotatable bonds is 6. The molecule has 0 aliphatic heterocycles. The number of sulfonamides is 1. The lowest BCUT2D eigenvalue weighted by molar-refractivity contribution is -0.121. The molecule has 2 rings (SSSR count). The van der Waals surface area contributed by atoms with Crippen molar-refractivity contribution < 1.29 is 18.3 Å². The highest BCUT2D eigenvalue weighted by Crippen LogP contribution is 2.28. The lowest BCUT2D eigenvalue weighted by atomic mass is 10.0. The zero-order valence-electron chi connectivity index (χ0n) is 11.7. The van der Waals surface area contributed by atoms with Crippen LogP contribution in [0.1, 0.15) is 25.7 Å². The fourth-order valence-corrected chi connectivity index (χ4v) is 3.38. The van der Waals surface area contributed by atoms with Crippen LogP contribution in [-0.4, -0.2) is 38.1 Å². The van der Waals surface area contributed by atoms with Crippen molar-refractivity contribution in [3.63, 3.8) is 0 Å². The van der Waals surface area contributed by atoms with Gasteiger partial charge in [0.15, 0.2) is 0 Å². The average Bonchev–Trinajstić information content (AvgIpc) is 2.91. The smallest absolute Gasteiger partial charge is 0.241 e. The third-order valence-corrected chi connectivity index (χ3v) is 5.04. The summed E-state index contributed by atoms with van der Waals surface area (Å²) in [6.45, 7) is -0.174. The molecule has 0 bridgehead atoms. The van der Waals surface area contributed by atoms with Gasteiger partial charge in [-0.1, -0.05) is 31.0 Å². The van der Waals surface area contributed by atoms with Crippen LogP contribution in [0.2, 0.25) is 0 Å². The first kappa shape index (κ1) is 15.9. The first-order valence-electron chi connectivity index (χ1n) is 6.95. The van der Waals surface area contributed by atoms with Crippen molar-refractivity contribution in [3.8, 4) is 0 Å². The van der Waals surface area contributed by atoms with Crippen LogP contribution in [-0.2, 0) is 14.8 Å². The molecule has 1 aromatic rings. The van der Waals surface area contributed by atoms with Crippen LogP contribution < -0.4 is 10.0 Å². The Morgan fingerprint density at radius 1 is 1.19 bits per heavy atom. The second-order valence-electron chi connectivity index (χ2n) is 5.35. The first-order chi connectivity index (χ1) is 9.91. The van der Waals surface area contributed by atoms with Crippen LogP contribution in [0.3, 0.4) is 0 Å². The maximum absolute atomic E-state index is 11.9. The van der Waals surface area contributed by atoms with E-state index in [0.717, 1.165) is 12.8 Å². The van der Waals surface area contributed by atoms with Gasteiger partial charge in [-0.25, -0.2) is 13.1 Å². The Morgan fingerprint density at radius 3 is 2.43 bits per heavy atom. The average molecular weight is 312 g/mol. The molecule has 1 aliphatic carbocycles. The second-order valence-corrected chi connectivity index (χ2v) is 7.11. The highest BCUT2D eigenvalue weighted by Gasteiger charge is 2.31. The standard InChI is InChI=1S/C14H20N2O4S/c17-13(15-11-14(18)8-4-5-9-14)10-16-21(19,20)12-6-2-1-3-7-12/h1-3,6-7,16,18H,4-5,8-11H2,(H,15,17). The predicted molar refractivity (Wildman–Crippen MR) is 78.1 cm³/mol. The SMILES string of the molecule is O=C(CNS(=O)(=O)c1ccccc1)NCC1(O)CCCC1. The number of aliphatic hydroxyl groups is 1. The van der Waals surface area contributed by atoms with Crippen molar-refractivity contribution in [2.24, 2.45) is 0 Å². The largest absolute Gasteiger partial charge is 0.388 e. The second kappa shape index (κ2) is 6.55. The molecule has 21 heavy (non-hydrogen) atoms. The summed E-state index contributed by atoms with van der Waals surface area (Å²) in [4.78, 5) is 11.8. The molecule has 0 atom stereocenters. The molecule has 0 unspecified atom stereocenters. The van der Waals surface area contributed by atoms with Crippen molar-refractivity contribution in [2.45, 2.75) is 36.2 Å². The molecule has 1 amide bonds. The first-order valence-corrected chi connectivity index (χ1v) is 8.43. The quantitative estimate of drug-likeness (QED) is 0.708. The number of carbonyl (C=O) groups excluding carboxylic acids is 1. The Balaban J connectivity index is 1.81. The Morgan fingerprint density at radius 2 is 1.81 bits per heavy atom. The van der Waals surface area contributed by atoms with Crippen LogP contribution in [0.4, 0.5) is 0 Å². The van der Waals surface area contributed by atoms with Gasteiger partial charge in [-0.15, -0.1) is 0 Å². The molecule has 1 aromatic carbocycles. The van der Waals surface area contributed by atoms with Gasteiger partial charge in [0.05, 0.1) is 17.0 Å². The highest BCUT2D eigenvalue weighted by atomic mass is 32.2. The van der Waals surface area contributed by atoms with Gasteiger partial charge in [-0.2, -0.15) is 0 Å². The maximum atomic E-state index is 11.9. The number of amides is 1. The molecule has 7 heteroatoms. The van der Waals surface area contributed by atoms with Crippen LogP contribution in [0.5, 0.6) is 0 Å². The molecule has 0 radical (unpaired) electrons. The summed E-state index contributed by atoms with van der Waals surface area (Å²) in [5, 5.41) is 12.7. The Hall–Kier alpha value is -1.44. The van der Waals surface area contributed by atoms with Gasteiger partial charge in [0.1, 0.15) is 0 Å². The van der Waals surface area contributed by atoms with Gasteiger partial charge in [0.2, 0.25) is 15.9 Å². The number of benzene rings is 1. The van der Waals surface area contributed by atoms with Crippen molar-refractivity contribution in [1.82, 2.24) is 10.0 Å². The van der Waals surface area contributed by atoms with Crippen LogP contribution in [0, 0.1) is 0 Å². The number of nitrogens with one attached hydrogen (secondary N) is 2. The minimum Gasteiger partial charge on any atom is -0.388 e. The fraction of sp³-hybridized carbons (Fsp3) is 0.500. The third kappa shape index (κ3) is 4.52. The van der Waals surface area contributed by atoms with Gasteiger partial charge in [0, 0.05) is 6.54 Å². The van der Waals surface area contributed by atoms with Crippen LogP contribution in [0.15, 0.2) is 35.2 Å². The lowest BCUT2D eigenvalue weighted by Crippen LogP contribution is -2.44. The minimum absolute atomic E-state index is 0.118. The molecule has 1 fully saturated rings. The molecule has 0 heterocycles. The third-order valence-electron chi connectivity index (χ3n) is 3.63. The zero-order chi connectivity index (χ0) is 15.3. The molecule has 3 N–H and O–H groups in total. The summed E-state index contributed by atoms with van der Waals surface area (Å²) in [6.07, 6.45) is 3.24. The number of carbonyl (C=O) groups is 1. The van der Waals surface area contributed by atoms with E-state index in [2.05, 4.69) is 10.0 Å². The van der Waals surface area contributed by atoms with Gasteiger partial charge in [0.25, 0.3) is 0 Å². The van der Waals surface area contributed by atoms with Crippen LogP contribution in [0.25, 0.3) is 0 Å². The highest BCUT2D eigenvalue weighted by molar-refractivity contribution is 7.89. The molecule has 6 nitrogen and oxygen atoms in total. The normalized spacial score (nSPS) is 17.6. The summed E-state index contributed by atoms with van der Waals surface area (Å²) < 4.78 is 26.1. The van der Waals surface area contributed by atoms with E-state index >= 15 is 0 Å². The van der Waals surface area contributed by atoms with Gasteiger partial charge >= 0.3 is 0 Å². The number of hydrogen-bond acceptors (Lipinski definition) is 4. The Bertz CT molecular complexity index is 580. The van der Waals surface area contributed by atoms with E-state index in [1.165, 1.54) is 12.1 Å². The van der Waals surface area contributed by atoms with Crippen LogP contribution >= 0.6 is 0 Å². The van der Waals surface area contributed by atoms with Crippen molar-refractivity contribution >= 4 is 15.9 Å². The molecule has 116 valence electrons. The molecule has 0 spiro atoms. The summed E-state index contributed by atoms with van der Waals surface area (Å²) in [7, 11) is -3.68. The predicted octanol–water partition coefficient (Wildman–Crippen LogP) is 0.386. The minimum atomic E-state index is -3.68. The molecule has 0 saturated heterocycles. The van der Waals surface area contributed by atoms with E-state index in [1.807, 2.05) is 0 Å². The van der Waals surface area contributed by atoms with E-state index in [4.69, 9.17) is 0 Å². The van der Waals surface area contributed by atoms with Gasteiger partial charge in [-0.05, 0) is 25.0 Å². The Kier molecular flexibility index (Phi) is 4.97. The fourth-order valence-electron chi connectivity index (χ4n) is 2.38. The van der Waals surface area contributed by atoms with E-state index in [1.54, 1.807) is 18.2 Å². The summed E-state index contributed by atoms with van der Waals surface area (Å²) in [5.74, 6) is -0.449. The van der Waals surface area contributed by atoms with Crippen molar-refractivity contribution in [1.29, 1.82) is 0 Å². The van der Waals surface area contributed by atoms with E-state index < -0.39 is 21.5 Å². The lowest BCUT2D eigenvalue weighted by Gasteiger charge is -2.22. The summed E-state index contributed by atoms with van der Waals surface area (Å²) in [5.41, 5.74) is -0.839.